The summed E-state index contributed by atoms with van der Waals surface area (Å²) < 4.78 is 0. The van der Waals surface area contributed by atoms with Crippen LogP contribution in [-0.4, -0.2) is 11.2 Å². The van der Waals surface area contributed by atoms with Crippen LogP contribution >= 0.6 is 0 Å². The molecule has 0 fully saturated rings. The Morgan fingerprint density at radius 1 is 1.00 bits per heavy atom. The van der Waals surface area contributed by atoms with Gasteiger partial charge in [-0.15, -0.1) is 0 Å². The first kappa shape index (κ1) is 17.4. The highest BCUT2D eigenvalue weighted by atomic mass is 14.8. The van der Waals surface area contributed by atoms with Gasteiger partial charge in [-0.05, 0) is 47.9 Å². The third-order valence-corrected chi connectivity index (χ3v) is 5.30. The van der Waals surface area contributed by atoms with Gasteiger partial charge in [0.15, 0.2) is 0 Å². The van der Waals surface area contributed by atoms with Crippen LogP contribution in [0.3, 0.4) is 0 Å². The first-order valence-electron chi connectivity index (χ1n) is 9.58. The van der Waals surface area contributed by atoms with E-state index in [1.54, 1.807) is 0 Å². The number of aliphatic imine (C=N–C) groups is 1. The summed E-state index contributed by atoms with van der Waals surface area (Å²) in [6, 6.07) is 17.1. The van der Waals surface area contributed by atoms with Gasteiger partial charge in [0, 0.05) is 17.8 Å². The Kier molecular flexibility index (Phi) is 4.97. The highest BCUT2D eigenvalue weighted by Gasteiger charge is 2.25. The predicted molar refractivity (Wildman–Crippen MR) is 116 cm³/mol. The lowest BCUT2D eigenvalue weighted by molar-refractivity contribution is 0.583. The van der Waals surface area contributed by atoms with E-state index in [4.69, 9.17) is 9.98 Å². The molecular weight excluding hydrogens is 328 g/mol. The first-order chi connectivity index (χ1) is 13.3. The molecule has 2 heterocycles. The normalized spacial score (nSPS) is 19.2. The highest BCUT2D eigenvalue weighted by molar-refractivity contribution is 6.02. The fourth-order valence-corrected chi connectivity index (χ4v) is 3.86. The minimum absolute atomic E-state index is 0.419. The minimum atomic E-state index is 0.419. The summed E-state index contributed by atoms with van der Waals surface area (Å²) in [6.07, 6.45) is 13.5. The number of nitrogens with zero attached hydrogens (tertiary/aromatic N) is 2. The predicted octanol–water partition coefficient (Wildman–Crippen LogP) is 6.86. The second-order valence-electron chi connectivity index (χ2n) is 7.06. The van der Waals surface area contributed by atoms with Gasteiger partial charge in [-0.1, -0.05) is 73.7 Å². The Morgan fingerprint density at radius 3 is 2.67 bits per heavy atom. The third kappa shape index (κ3) is 3.35. The highest BCUT2D eigenvalue weighted by Crippen LogP contribution is 2.43. The molecule has 0 saturated carbocycles. The Balaban J connectivity index is 1.82. The first-order valence-corrected chi connectivity index (χ1v) is 9.58. The zero-order valence-corrected chi connectivity index (χ0v) is 15.8. The average Bonchev–Trinajstić information content (AvgIpc) is 2.72. The Labute approximate surface area is 161 Å². The van der Waals surface area contributed by atoms with E-state index < -0.39 is 0 Å². The van der Waals surface area contributed by atoms with E-state index >= 15 is 0 Å². The molecule has 1 aromatic heterocycles. The number of fused-ring (bicyclic) bond motifs is 3. The molecule has 2 unspecified atom stereocenters. The molecule has 1 aliphatic rings. The number of rotatable bonds is 4. The van der Waals surface area contributed by atoms with Crippen molar-refractivity contribution < 1.29 is 0 Å². The summed E-state index contributed by atoms with van der Waals surface area (Å²) in [5, 5.41) is 1.16. The maximum absolute atomic E-state index is 4.81. The number of aromatic nitrogens is 1. The monoisotopic (exact) mass is 352 g/mol. The fraction of sp³-hybridized carbons (Fsp3) is 0.200. The van der Waals surface area contributed by atoms with Crippen molar-refractivity contribution >= 4 is 22.8 Å². The van der Waals surface area contributed by atoms with Gasteiger partial charge in [-0.2, -0.15) is 0 Å². The molecule has 2 atom stereocenters. The van der Waals surface area contributed by atoms with E-state index in [9.17, 15) is 0 Å². The van der Waals surface area contributed by atoms with Crippen LogP contribution in [-0.2, 0) is 0 Å². The molecule has 0 spiro atoms. The molecule has 134 valence electrons. The standard InChI is InChI=1S/C25H24N2/c1-3-4-5-9-12-20-18(2)17-27-25-22(20)13-14-23-21(15-16-26-24(23)25)19-10-7-6-8-11-19/h3-11,13-18,20H,12H2,1-2H3/b4-3-,9-5-. The van der Waals surface area contributed by atoms with Gasteiger partial charge in [-0.3, -0.25) is 9.98 Å². The van der Waals surface area contributed by atoms with E-state index in [1.165, 1.54) is 16.7 Å². The maximum atomic E-state index is 4.81. The number of benzene rings is 2. The molecule has 2 nitrogen and oxygen atoms in total. The van der Waals surface area contributed by atoms with Gasteiger partial charge >= 0.3 is 0 Å². The van der Waals surface area contributed by atoms with Gasteiger partial charge in [0.1, 0.15) is 0 Å². The molecule has 0 radical (unpaired) electrons. The number of hydrogen-bond donors (Lipinski definition) is 0. The molecular formula is C25H24N2. The topological polar surface area (TPSA) is 25.2 Å². The molecule has 2 aromatic carbocycles. The van der Waals surface area contributed by atoms with E-state index in [2.05, 4.69) is 79.9 Å². The summed E-state index contributed by atoms with van der Waals surface area (Å²) in [4.78, 5) is 9.51. The smallest absolute Gasteiger partial charge is 0.0967 e. The van der Waals surface area contributed by atoms with Crippen molar-refractivity contribution in [1.82, 2.24) is 4.98 Å². The molecule has 0 saturated heterocycles. The minimum Gasteiger partial charge on any atom is -0.258 e. The largest absolute Gasteiger partial charge is 0.258 e. The Hall–Kier alpha value is -3.00. The van der Waals surface area contributed by atoms with Crippen molar-refractivity contribution in [2.24, 2.45) is 10.9 Å². The van der Waals surface area contributed by atoms with E-state index in [0.29, 0.717) is 11.8 Å². The number of pyridine rings is 1. The lowest BCUT2D eigenvalue weighted by atomic mass is 9.81. The van der Waals surface area contributed by atoms with Crippen LogP contribution in [0, 0.1) is 5.92 Å². The summed E-state index contributed by atoms with van der Waals surface area (Å²) in [5.74, 6) is 0.855. The molecule has 0 bridgehead atoms. The quantitative estimate of drug-likeness (QED) is 0.471. The molecule has 0 aliphatic carbocycles. The van der Waals surface area contributed by atoms with Gasteiger partial charge in [0.2, 0.25) is 0 Å². The molecule has 0 amide bonds. The third-order valence-electron chi connectivity index (χ3n) is 5.30. The van der Waals surface area contributed by atoms with Gasteiger partial charge < -0.3 is 0 Å². The zero-order chi connectivity index (χ0) is 18.6. The second-order valence-corrected chi connectivity index (χ2v) is 7.06. The Bertz CT molecular complexity index is 1030. The molecule has 2 heteroatoms. The van der Waals surface area contributed by atoms with Crippen LogP contribution in [0.2, 0.25) is 0 Å². The van der Waals surface area contributed by atoms with Crippen LogP contribution in [0.5, 0.6) is 0 Å². The van der Waals surface area contributed by atoms with Gasteiger partial charge in [0.25, 0.3) is 0 Å². The van der Waals surface area contributed by atoms with Crippen molar-refractivity contribution in [3.05, 3.63) is 84.6 Å². The fourth-order valence-electron chi connectivity index (χ4n) is 3.86. The van der Waals surface area contributed by atoms with Crippen LogP contribution in [0.15, 0.2) is 84.0 Å². The number of allylic oxidation sites excluding steroid dienone is 4. The molecule has 3 aromatic rings. The molecule has 4 rings (SSSR count). The summed E-state index contributed by atoms with van der Waals surface area (Å²) in [7, 11) is 0. The average molecular weight is 352 g/mol. The van der Waals surface area contributed by atoms with E-state index in [1.807, 2.05) is 19.2 Å². The van der Waals surface area contributed by atoms with Gasteiger partial charge in [-0.25, -0.2) is 0 Å². The summed E-state index contributed by atoms with van der Waals surface area (Å²) >= 11 is 0. The SMILES string of the molecule is C/C=C\C=C/CC1c2ccc3c(-c4ccccc4)ccnc3c2N=CC1C. The zero-order valence-electron chi connectivity index (χ0n) is 15.8. The molecule has 27 heavy (non-hydrogen) atoms. The summed E-state index contributed by atoms with van der Waals surface area (Å²) in [5.41, 5.74) is 5.76. The van der Waals surface area contributed by atoms with Crippen LogP contribution < -0.4 is 0 Å². The second kappa shape index (κ2) is 7.71. The van der Waals surface area contributed by atoms with Crippen molar-refractivity contribution in [3.63, 3.8) is 0 Å². The maximum Gasteiger partial charge on any atom is 0.0967 e. The van der Waals surface area contributed by atoms with Crippen LogP contribution in [0.25, 0.3) is 22.0 Å². The Morgan fingerprint density at radius 2 is 1.85 bits per heavy atom. The molecule has 0 N–H and O–H groups in total. The van der Waals surface area contributed by atoms with E-state index in [-0.39, 0.29) is 0 Å². The van der Waals surface area contributed by atoms with Crippen LogP contribution in [0.4, 0.5) is 5.69 Å². The lowest BCUT2D eigenvalue weighted by Crippen LogP contribution is -2.14. The van der Waals surface area contributed by atoms with Gasteiger partial charge in [0.05, 0.1) is 11.2 Å². The van der Waals surface area contributed by atoms with Crippen molar-refractivity contribution in [2.45, 2.75) is 26.2 Å². The number of hydrogen-bond acceptors (Lipinski definition) is 2. The lowest BCUT2D eigenvalue weighted by Gasteiger charge is -2.26. The molecule has 1 aliphatic heterocycles. The van der Waals surface area contributed by atoms with Crippen LogP contribution in [0.1, 0.15) is 31.7 Å². The van der Waals surface area contributed by atoms with Crippen molar-refractivity contribution in [2.75, 3.05) is 0 Å². The van der Waals surface area contributed by atoms with Crippen molar-refractivity contribution in [3.8, 4) is 11.1 Å². The summed E-state index contributed by atoms with van der Waals surface area (Å²) in [6.45, 7) is 4.29. The van der Waals surface area contributed by atoms with Crippen molar-refractivity contribution in [1.29, 1.82) is 0 Å². The van der Waals surface area contributed by atoms with E-state index in [0.717, 1.165) is 23.0 Å².